The third kappa shape index (κ3) is 11.8. The number of imidazole rings is 1. The Morgan fingerprint density at radius 1 is 1.06 bits per heavy atom. The lowest BCUT2D eigenvalue weighted by Gasteiger charge is -2.22. The van der Waals surface area contributed by atoms with E-state index in [2.05, 4.69) is 11.3 Å². The maximum absolute atomic E-state index is 12.9. The molecule has 1 heterocycles. The summed E-state index contributed by atoms with van der Waals surface area (Å²) in [7, 11) is -4.68. The number of carbonyl (C=O) groups is 2. The van der Waals surface area contributed by atoms with Gasteiger partial charge in [-0.15, -0.1) is 0 Å². The van der Waals surface area contributed by atoms with Gasteiger partial charge in [0.05, 0.1) is 28.8 Å². The van der Waals surface area contributed by atoms with Crippen LogP contribution < -0.4 is 13.8 Å². The van der Waals surface area contributed by atoms with Crippen LogP contribution in [-0.4, -0.2) is 54.5 Å². The average Bonchev–Trinajstić information content (AvgIpc) is 3.42. The standard InChI is InChI=1S/C34H31Cl2F3N4O7S/c1-22(2)50-33(46)41-51(47,48)43(21-32(44)45)26-10-4-24(5-11-26)19-42-20-30(28-14-9-25(35)18-29(28)36)40-31(42)15-8-23-6-12-27(13-7-23)49-17-3-16-34(37,38)39/h4-15,18,20H,1,3,16-17,19,21H2,2H3,(H,41,46)(H,44,45)/b15-8+. The number of hydrogen-bond donors (Lipinski definition) is 2. The number of ether oxygens (including phenoxy) is 2. The van der Waals surface area contributed by atoms with Gasteiger partial charge >= 0.3 is 28.4 Å². The van der Waals surface area contributed by atoms with Gasteiger partial charge in [-0.1, -0.05) is 60.1 Å². The van der Waals surface area contributed by atoms with E-state index in [1.165, 1.54) is 19.1 Å². The number of hydrogen-bond acceptors (Lipinski definition) is 7. The number of aliphatic carboxylic acids is 1. The number of nitrogens with one attached hydrogen (secondary N) is 1. The first kappa shape index (κ1) is 38.8. The molecule has 51 heavy (non-hydrogen) atoms. The number of anilines is 1. The smallest absolute Gasteiger partial charge is 0.427 e. The highest BCUT2D eigenvalue weighted by atomic mass is 35.5. The van der Waals surface area contributed by atoms with E-state index >= 15 is 0 Å². The minimum Gasteiger partial charge on any atom is -0.494 e. The van der Waals surface area contributed by atoms with Gasteiger partial charge in [0, 0.05) is 29.7 Å². The Kier molecular flexibility index (Phi) is 12.8. The summed E-state index contributed by atoms with van der Waals surface area (Å²) in [4.78, 5) is 28.2. The maximum atomic E-state index is 12.9. The first-order valence-electron chi connectivity index (χ1n) is 15.0. The van der Waals surface area contributed by atoms with Crippen molar-refractivity contribution in [3.63, 3.8) is 0 Å². The number of amides is 1. The number of carboxylic acids is 1. The molecule has 0 aliphatic rings. The summed E-state index contributed by atoms with van der Waals surface area (Å²) < 4.78 is 77.0. The van der Waals surface area contributed by atoms with Crippen molar-refractivity contribution < 1.29 is 45.8 Å². The Balaban J connectivity index is 1.58. The van der Waals surface area contributed by atoms with Crippen molar-refractivity contribution in [3.8, 4) is 17.0 Å². The fraction of sp³-hybridized carbons (Fsp3) is 0.206. The molecule has 3 aromatic carbocycles. The fourth-order valence-corrected chi connectivity index (χ4v) is 6.11. The van der Waals surface area contributed by atoms with Gasteiger partial charge in [0.25, 0.3) is 0 Å². The SMILES string of the molecule is C=C(C)OC(=O)NS(=O)(=O)N(CC(=O)O)c1ccc(Cn2cc(-c3ccc(Cl)cc3Cl)nc2/C=C/c2ccc(OCCCC(F)(F)F)cc2)cc1. The Labute approximate surface area is 301 Å². The molecule has 0 unspecified atom stereocenters. The lowest BCUT2D eigenvalue weighted by Crippen LogP contribution is -2.46. The molecule has 0 aliphatic carbocycles. The normalized spacial score (nSPS) is 11.7. The van der Waals surface area contributed by atoms with Gasteiger partial charge in [-0.2, -0.15) is 21.6 Å². The molecule has 0 spiro atoms. The molecule has 2 N–H and O–H groups in total. The predicted octanol–water partition coefficient (Wildman–Crippen LogP) is 8.19. The molecule has 11 nitrogen and oxygen atoms in total. The van der Waals surface area contributed by atoms with Crippen LogP contribution in [0.5, 0.6) is 5.75 Å². The number of halogens is 5. The number of nitrogens with zero attached hydrogens (tertiary/aromatic N) is 3. The monoisotopic (exact) mass is 766 g/mol. The molecular weight excluding hydrogens is 736 g/mol. The van der Waals surface area contributed by atoms with Crippen molar-refractivity contribution in [1.82, 2.24) is 14.3 Å². The first-order valence-corrected chi connectivity index (χ1v) is 17.2. The average molecular weight is 768 g/mol. The second-order valence-corrected chi connectivity index (χ2v) is 13.4. The zero-order valence-corrected chi connectivity index (χ0v) is 29.2. The number of rotatable bonds is 15. The second-order valence-electron chi connectivity index (χ2n) is 11.0. The summed E-state index contributed by atoms with van der Waals surface area (Å²) >= 11 is 12.6. The van der Waals surface area contributed by atoms with E-state index in [4.69, 9.17) is 32.9 Å². The lowest BCUT2D eigenvalue weighted by atomic mass is 10.1. The molecule has 0 fully saturated rings. The van der Waals surface area contributed by atoms with Crippen LogP contribution in [0, 0.1) is 0 Å². The van der Waals surface area contributed by atoms with Gasteiger partial charge in [-0.25, -0.2) is 18.8 Å². The highest BCUT2D eigenvalue weighted by molar-refractivity contribution is 7.91. The first-order chi connectivity index (χ1) is 24.0. The molecule has 0 bridgehead atoms. The molecule has 17 heteroatoms. The summed E-state index contributed by atoms with van der Waals surface area (Å²) in [6, 6.07) is 17.7. The fourth-order valence-electron chi connectivity index (χ4n) is 4.57. The number of aromatic nitrogens is 2. The Morgan fingerprint density at radius 3 is 2.35 bits per heavy atom. The summed E-state index contributed by atoms with van der Waals surface area (Å²) in [5, 5.41) is 10.2. The number of carboxylic acid groups (broad SMARTS) is 1. The van der Waals surface area contributed by atoms with Crippen molar-refractivity contribution in [3.05, 3.63) is 112 Å². The third-order valence-electron chi connectivity index (χ3n) is 6.82. The van der Waals surface area contributed by atoms with Crippen molar-refractivity contribution in [2.45, 2.75) is 32.5 Å². The van der Waals surface area contributed by atoms with Crippen LogP contribution in [-0.2, 0) is 26.3 Å². The van der Waals surface area contributed by atoms with E-state index in [9.17, 15) is 36.3 Å². The van der Waals surface area contributed by atoms with E-state index in [0.717, 1.165) is 5.56 Å². The quantitative estimate of drug-likeness (QED) is 0.0912. The van der Waals surface area contributed by atoms with E-state index in [1.807, 2.05) is 4.57 Å². The zero-order chi connectivity index (χ0) is 37.3. The van der Waals surface area contributed by atoms with E-state index in [-0.39, 0.29) is 31.0 Å². The Hall–Kier alpha value is -4.99. The maximum Gasteiger partial charge on any atom is 0.427 e. The third-order valence-corrected chi connectivity index (χ3v) is 8.71. The van der Waals surface area contributed by atoms with E-state index in [1.54, 1.807) is 77.7 Å². The molecule has 0 saturated carbocycles. The molecule has 270 valence electrons. The predicted molar refractivity (Wildman–Crippen MR) is 188 cm³/mol. The minimum absolute atomic E-state index is 0.0380. The number of allylic oxidation sites excluding steroid dienone is 1. The van der Waals surface area contributed by atoms with Crippen molar-refractivity contribution in [2.75, 3.05) is 17.5 Å². The van der Waals surface area contributed by atoms with Crippen LogP contribution in [0.2, 0.25) is 10.0 Å². The van der Waals surface area contributed by atoms with Crippen LogP contribution in [0.1, 0.15) is 36.7 Å². The summed E-state index contributed by atoms with van der Waals surface area (Å²) in [6.45, 7) is 3.87. The largest absolute Gasteiger partial charge is 0.494 e. The molecular formula is C34H31Cl2F3N4O7S. The molecule has 0 atom stereocenters. The van der Waals surface area contributed by atoms with Gasteiger partial charge in [0.1, 0.15) is 18.1 Å². The van der Waals surface area contributed by atoms with Gasteiger partial charge < -0.3 is 19.1 Å². The summed E-state index contributed by atoms with van der Waals surface area (Å²) in [5.74, 6) is -0.612. The number of carbonyl (C=O) groups excluding carboxylic acids is 1. The van der Waals surface area contributed by atoms with Crippen LogP contribution >= 0.6 is 23.2 Å². The Bertz CT molecular complexity index is 2020. The molecule has 1 aromatic heterocycles. The van der Waals surface area contributed by atoms with Crippen LogP contribution in [0.3, 0.4) is 0 Å². The van der Waals surface area contributed by atoms with Crippen molar-refractivity contribution >= 4 is 63.3 Å². The van der Waals surface area contributed by atoms with Gasteiger partial charge in [0.2, 0.25) is 0 Å². The zero-order valence-electron chi connectivity index (χ0n) is 26.9. The lowest BCUT2D eigenvalue weighted by molar-refractivity contribution is -0.137. The highest BCUT2D eigenvalue weighted by Gasteiger charge is 2.28. The molecule has 0 saturated heterocycles. The van der Waals surface area contributed by atoms with E-state index in [0.29, 0.717) is 42.7 Å². The van der Waals surface area contributed by atoms with Gasteiger partial charge in [-0.05, 0) is 73.0 Å². The summed E-state index contributed by atoms with van der Waals surface area (Å²) in [5.41, 5.74) is 2.53. The highest BCUT2D eigenvalue weighted by Crippen LogP contribution is 2.31. The molecule has 0 aliphatic heterocycles. The van der Waals surface area contributed by atoms with Crippen LogP contribution in [0.4, 0.5) is 23.7 Å². The van der Waals surface area contributed by atoms with Gasteiger partial charge in [0.15, 0.2) is 0 Å². The molecule has 1 amide bonds. The van der Waals surface area contributed by atoms with Crippen LogP contribution in [0.25, 0.3) is 23.4 Å². The van der Waals surface area contributed by atoms with Gasteiger partial charge in [-0.3, -0.25) is 4.79 Å². The Morgan fingerprint density at radius 2 is 1.75 bits per heavy atom. The second kappa shape index (κ2) is 16.8. The number of benzene rings is 3. The molecule has 0 radical (unpaired) electrons. The summed E-state index contributed by atoms with van der Waals surface area (Å²) in [6.07, 6.45) is -1.38. The van der Waals surface area contributed by atoms with Crippen LogP contribution in [0.15, 0.2) is 85.3 Å². The van der Waals surface area contributed by atoms with Crippen molar-refractivity contribution in [1.29, 1.82) is 0 Å². The molecule has 4 aromatic rings. The molecule has 4 rings (SSSR count). The van der Waals surface area contributed by atoms with Crippen molar-refractivity contribution in [2.24, 2.45) is 0 Å². The van der Waals surface area contributed by atoms with E-state index < -0.39 is 41.4 Å². The topological polar surface area (TPSA) is 140 Å². The number of alkyl halides is 3. The minimum atomic E-state index is -4.68.